The summed E-state index contributed by atoms with van der Waals surface area (Å²) >= 11 is 0. The maximum Gasteiger partial charge on any atom is 0.271 e. The Balaban J connectivity index is 2.67. The van der Waals surface area contributed by atoms with E-state index in [0.29, 0.717) is 18.7 Å². The van der Waals surface area contributed by atoms with Gasteiger partial charge < -0.3 is 9.47 Å². The van der Waals surface area contributed by atoms with Crippen LogP contribution in [0.3, 0.4) is 0 Å². The van der Waals surface area contributed by atoms with Crippen molar-refractivity contribution in [2.45, 2.75) is 6.42 Å². The second-order valence-electron chi connectivity index (χ2n) is 3.02. The normalized spacial score (nSPS) is 9.50. The Bertz CT molecular complexity index is 363. The molecular formula is C9H12N4O. The second-order valence-corrected chi connectivity index (χ2v) is 3.02. The highest BCUT2D eigenvalue weighted by Gasteiger charge is 2.13. The molecular weight excluding hydrogens is 180 g/mol. The van der Waals surface area contributed by atoms with Crippen LogP contribution in [0.15, 0.2) is 12.5 Å². The molecule has 1 rings (SSSR count). The van der Waals surface area contributed by atoms with E-state index in [1.807, 2.05) is 6.07 Å². The van der Waals surface area contributed by atoms with Crippen molar-refractivity contribution >= 4 is 5.91 Å². The minimum Gasteiger partial charge on any atom is -0.339 e. The van der Waals surface area contributed by atoms with Gasteiger partial charge >= 0.3 is 0 Å². The van der Waals surface area contributed by atoms with Gasteiger partial charge in [-0.25, -0.2) is 4.98 Å². The number of carbonyl (C=O) groups excluding carboxylic acids is 1. The fraction of sp³-hybridized carbons (Fsp3) is 0.444. The van der Waals surface area contributed by atoms with E-state index in [1.54, 1.807) is 25.0 Å². The first kappa shape index (κ1) is 10.3. The molecule has 0 bridgehead atoms. The number of aryl methyl sites for hydroxylation is 1. The van der Waals surface area contributed by atoms with Gasteiger partial charge in [0.2, 0.25) is 0 Å². The predicted octanol–water partition coefficient (Wildman–Crippen LogP) is 0.406. The fourth-order valence-electron chi connectivity index (χ4n) is 1.08. The molecule has 1 heterocycles. The van der Waals surface area contributed by atoms with Crippen molar-refractivity contribution in [3.8, 4) is 6.07 Å². The molecule has 1 aromatic heterocycles. The fourth-order valence-corrected chi connectivity index (χ4v) is 1.08. The zero-order chi connectivity index (χ0) is 10.6. The maximum absolute atomic E-state index is 11.7. The van der Waals surface area contributed by atoms with Crippen LogP contribution in [-0.2, 0) is 7.05 Å². The van der Waals surface area contributed by atoms with Gasteiger partial charge in [0.25, 0.3) is 5.91 Å². The summed E-state index contributed by atoms with van der Waals surface area (Å²) in [5, 5.41) is 8.38. The van der Waals surface area contributed by atoms with Crippen molar-refractivity contribution in [1.82, 2.24) is 14.5 Å². The van der Waals surface area contributed by atoms with Crippen LogP contribution >= 0.6 is 0 Å². The number of imidazole rings is 1. The standard InChI is InChI=1S/C9H12N4O/c1-12(5-3-4-10)9(14)8-6-11-7-13(8)2/h6-7H,3,5H2,1-2H3. The Morgan fingerprint density at radius 1 is 1.79 bits per heavy atom. The van der Waals surface area contributed by atoms with E-state index < -0.39 is 0 Å². The third-order valence-corrected chi connectivity index (χ3v) is 1.94. The Hall–Kier alpha value is -1.83. The topological polar surface area (TPSA) is 61.9 Å². The second kappa shape index (κ2) is 4.42. The van der Waals surface area contributed by atoms with Gasteiger partial charge in [-0.15, -0.1) is 0 Å². The number of nitrogens with zero attached hydrogens (tertiary/aromatic N) is 4. The van der Waals surface area contributed by atoms with E-state index in [4.69, 9.17) is 5.26 Å². The smallest absolute Gasteiger partial charge is 0.271 e. The van der Waals surface area contributed by atoms with Crippen molar-refractivity contribution in [2.24, 2.45) is 7.05 Å². The van der Waals surface area contributed by atoms with E-state index in [0.717, 1.165) is 0 Å². The Labute approximate surface area is 82.6 Å². The first-order valence-corrected chi connectivity index (χ1v) is 4.25. The van der Waals surface area contributed by atoms with Gasteiger partial charge in [-0.2, -0.15) is 5.26 Å². The summed E-state index contributed by atoms with van der Waals surface area (Å²) in [5.41, 5.74) is 0.533. The van der Waals surface area contributed by atoms with E-state index in [2.05, 4.69) is 4.98 Å². The number of hydrogen-bond donors (Lipinski definition) is 0. The van der Waals surface area contributed by atoms with E-state index in [1.165, 1.54) is 11.1 Å². The minimum atomic E-state index is -0.111. The summed E-state index contributed by atoms with van der Waals surface area (Å²) in [4.78, 5) is 17.1. The number of carbonyl (C=O) groups is 1. The first-order valence-electron chi connectivity index (χ1n) is 4.25. The zero-order valence-electron chi connectivity index (χ0n) is 8.27. The summed E-state index contributed by atoms with van der Waals surface area (Å²) < 4.78 is 1.66. The third-order valence-electron chi connectivity index (χ3n) is 1.94. The van der Waals surface area contributed by atoms with Crippen LogP contribution in [0.5, 0.6) is 0 Å². The average molecular weight is 192 g/mol. The zero-order valence-corrected chi connectivity index (χ0v) is 8.27. The van der Waals surface area contributed by atoms with Gasteiger partial charge in [-0.05, 0) is 0 Å². The predicted molar refractivity (Wildman–Crippen MR) is 50.4 cm³/mol. The molecule has 5 heteroatoms. The highest BCUT2D eigenvalue weighted by Crippen LogP contribution is 2.01. The lowest BCUT2D eigenvalue weighted by atomic mass is 10.3. The molecule has 0 saturated heterocycles. The molecule has 14 heavy (non-hydrogen) atoms. The highest BCUT2D eigenvalue weighted by molar-refractivity contribution is 5.92. The van der Waals surface area contributed by atoms with E-state index in [9.17, 15) is 4.79 Å². The SMILES string of the molecule is CN(CCC#N)C(=O)c1cncn1C. The van der Waals surface area contributed by atoms with Gasteiger partial charge in [0.05, 0.1) is 25.0 Å². The summed E-state index contributed by atoms with van der Waals surface area (Å²) in [7, 11) is 3.44. The largest absolute Gasteiger partial charge is 0.339 e. The Kier molecular flexibility index (Phi) is 3.24. The average Bonchev–Trinajstić information content (AvgIpc) is 2.59. The molecule has 0 radical (unpaired) electrons. The highest BCUT2D eigenvalue weighted by atomic mass is 16.2. The van der Waals surface area contributed by atoms with Crippen LogP contribution in [-0.4, -0.2) is 34.0 Å². The van der Waals surface area contributed by atoms with Crippen LogP contribution in [0.4, 0.5) is 0 Å². The number of aromatic nitrogens is 2. The molecule has 0 aliphatic heterocycles. The van der Waals surface area contributed by atoms with Crippen LogP contribution in [0.1, 0.15) is 16.9 Å². The van der Waals surface area contributed by atoms with Crippen LogP contribution in [0, 0.1) is 11.3 Å². The maximum atomic E-state index is 11.7. The van der Waals surface area contributed by atoms with Crippen LogP contribution in [0.25, 0.3) is 0 Å². The Morgan fingerprint density at radius 2 is 2.50 bits per heavy atom. The van der Waals surface area contributed by atoms with E-state index >= 15 is 0 Å². The molecule has 0 aliphatic carbocycles. The molecule has 0 aromatic carbocycles. The molecule has 0 atom stereocenters. The first-order chi connectivity index (χ1) is 6.66. The molecule has 0 fully saturated rings. The molecule has 74 valence electrons. The molecule has 1 aromatic rings. The third kappa shape index (κ3) is 2.10. The number of amides is 1. The Morgan fingerprint density at radius 3 is 3.00 bits per heavy atom. The number of nitriles is 1. The van der Waals surface area contributed by atoms with Gasteiger partial charge in [0, 0.05) is 20.6 Å². The van der Waals surface area contributed by atoms with Gasteiger partial charge in [0.15, 0.2) is 0 Å². The summed E-state index contributed by atoms with van der Waals surface area (Å²) in [6.07, 6.45) is 3.44. The molecule has 0 aliphatic rings. The minimum absolute atomic E-state index is 0.111. The molecule has 0 saturated carbocycles. The van der Waals surface area contributed by atoms with Crippen molar-refractivity contribution < 1.29 is 4.79 Å². The van der Waals surface area contributed by atoms with Crippen molar-refractivity contribution in [3.63, 3.8) is 0 Å². The van der Waals surface area contributed by atoms with Crippen molar-refractivity contribution in [2.75, 3.05) is 13.6 Å². The van der Waals surface area contributed by atoms with Gasteiger partial charge in [0.1, 0.15) is 5.69 Å². The molecule has 5 nitrogen and oxygen atoms in total. The quantitative estimate of drug-likeness (QED) is 0.696. The monoisotopic (exact) mass is 192 g/mol. The van der Waals surface area contributed by atoms with Crippen LogP contribution < -0.4 is 0 Å². The summed E-state index contributed by atoms with van der Waals surface area (Å²) in [6, 6.07) is 2.00. The van der Waals surface area contributed by atoms with Crippen molar-refractivity contribution in [3.05, 3.63) is 18.2 Å². The molecule has 0 unspecified atom stereocenters. The summed E-state index contributed by atoms with van der Waals surface area (Å²) in [5.74, 6) is -0.111. The lowest BCUT2D eigenvalue weighted by Gasteiger charge is -2.14. The molecule has 0 N–H and O–H groups in total. The summed E-state index contributed by atoms with van der Waals surface area (Å²) in [6.45, 7) is 0.445. The number of rotatable bonds is 3. The molecule has 1 amide bonds. The van der Waals surface area contributed by atoms with Gasteiger partial charge in [-0.1, -0.05) is 0 Å². The van der Waals surface area contributed by atoms with E-state index in [-0.39, 0.29) is 5.91 Å². The molecule has 0 spiro atoms. The number of hydrogen-bond acceptors (Lipinski definition) is 3. The lowest BCUT2D eigenvalue weighted by molar-refractivity contribution is 0.0788. The van der Waals surface area contributed by atoms with Crippen molar-refractivity contribution in [1.29, 1.82) is 5.26 Å². The van der Waals surface area contributed by atoms with Crippen LogP contribution in [0.2, 0.25) is 0 Å². The van der Waals surface area contributed by atoms with Gasteiger partial charge in [-0.3, -0.25) is 4.79 Å². The lowest BCUT2D eigenvalue weighted by Crippen LogP contribution is -2.29.